The lowest BCUT2D eigenvalue weighted by atomic mass is 10.2. The van der Waals surface area contributed by atoms with Crippen LogP contribution in [0.4, 0.5) is 0 Å². The van der Waals surface area contributed by atoms with Gasteiger partial charge in [0, 0.05) is 19.7 Å². The summed E-state index contributed by atoms with van der Waals surface area (Å²) in [5, 5.41) is 0. The Morgan fingerprint density at radius 3 is 2.50 bits per heavy atom. The number of nitrogens with zero attached hydrogens (tertiary/aromatic N) is 1. The third-order valence-electron chi connectivity index (χ3n) is 1.78. The highest BCUT2D eigenvalue weighted by Crippen LogP contribution is 2.28. The first-order chi connectivity index (χ1) is 7.58. The summed E-state index contributed by atoms with van der Waals surface area (Å²) in [6, 6.07) is 4.64. The van der Waals surface area contributed by atoms with Gasteiger partial charge in [-0.2, -0.15) is 8.51 Å². The molecule has 1 atom stereocenters. The van der Waals surface area contributed by atoms with E-state index in [0.29, 0.717) is 23.3 Å². The fourth-order valence-electron chi connectivity index (χ4n) is 0.978. The van der Waals surface area contributed by atoms with Crippen LogP contribution in [0.25, 0.3) is 0 Å². The predicted octanol–water partition coefficient (Wildman–Crippen LogP) is 1.03. The Kier molecular flexibility index (Phi) is 4.45. The Morgan fingerprint density at radius 2 is 2.00 bits per heavy atom. The molecule has 0 saturated heterocycles. The van der Waals surface area contributed by atoms with Crippen LogP contribution < -0.4 is 8.92 Å². The smallest absolute Gasteiger partial charge is 0.290 e. The summed E-state index contributed by atoms with van der Waals surface area (Å²) in [6.45, 7) is 0. The van der Waals surface area contributed by atoms with Crippen LogP contribution in [0.15, 0.2) is 18.2 Å². The van der Waals surface area contributed by atoms with Gasteiger partial charge in [-0.05, 0) is 18.2 Å². The molecule has 0 aliphatic carbocycles. The molecule has 0 bridgehead atoms. The van der Waals surface area contributed by atoms with E-state index >= 15 is 0 Å². The maximum atomic E-state index is 11.4. The summed E-state index contributed by atoms with van der Waals surface area (Å²) in [4.78, 5) is 10.6. The molecule has 0 saturated carbocycles. The molecule has 0 aromatic heterocycles. The zero-order chi connectivity index (χ0) is 12.1. The molecule has 1 aromatic carbocycles. The van der Waals surface area contributed by atoms with E-state index in [4.69, 9.17) is 8.92 Å². The van der Waals surface area contributed by atoms with Crippen LogP contribution in [0.2, 0.25) is 0 Å². The highest BCUT2D eigenvalue weighted by molar-refractivity contribution is 7.78. The Bertz CT molecular complexity index is 406. The van der Waals surface area contributed by atoms with Gasteiger partial charge in [-0.1, -0.05) is 0 Å². The van der Waals surface area contributed by atoms with Crippen molar-refractivity contribution in [3.63, 3.8) is 0 Å². The van der Waals surface area contributed by atoms with Crippen LogP contribution in [0.5, 0.6) is 11.5 Å². The van der Waals surface area contributed by atoms with Gasteiger partial charge in [0.2, 0.25) is 0 Å². The number of ether oxygens (including phenoxy) is 1. The molecule has 0 spiro atoms. The second-order valence-corrected chi connectivity index (χ2v) is 4.47. The van der Waals surface area contributed by atoms with Crippen LogP contribution >= 0.6 is 0 Å². The van der Waals surface area contributed by atoms with Crippen molar-refractivity contribution in [2.75, 3.05) is 21.2 Å². The summed E-state index contributed by atoms with van der Waals surface area (Å²) in [7, 11) is 4.71. The minimum absolute atomic E-state index is 0.333. The lowest BCUT2D eigenvalue weighted by Gasteiger charge is -2.12. The molecular weight excluding hydrogens is 230 g/mol. The van der Waals surface area contributed by atoms with E-state index in [-0.39, 0.29) is 0 Å². The molecule has 6 heteroatoms. The van der Waals surface area contributed by atoms with Gasteiger partial charge < -0.3 is 8.92 Å². The lowest BCUT2D eigenvalue weighted by Crippen LogP contribution is -2.20. The molecule has 0 radical (unpaired) electrons. The Hall–Kier alpha value is -1.40. The van der Waals surface area contributed by atoms with Gasteiger partial charge in [-0.3, -0.25) is 4.79 Å². The van der Waals surface area contributed by atoms with Crippen LogP contribution in [-0.2, 0) is 11.3 Å². The summed E-state index contributed by atoms with van der Waals surface area (Å²) in [5.74, 6) is 0.708. The van der Waals surface area contributed by atoms with E-state index < -0.39 is 11.3 Å². The van der Waals surface area contributed by atoms with Gasteiger partial charge in [0.05, 0.1) is 7.11 Å². The minimum Gasteiger partial charge on any atom is -0.493 e. The standard InChI is InChI=1S/C10H13NO4S/c1-11(2)16(13)15-9-5-4-8(7-12)6-10(9)14-3/h4-7H,1-3H3. The monoisotopic (exact) mass is 243 g/mol. The van der Waals surface area contributed by atoms with Crippen LogP contribution in [-0.4, -0.2) is 36.0 Å². The number of carbonyl (C=O) groups excluding carboxylic acids is 1. The van der Waals surface area contributed by atoms with Crippen LogP contribution in [0, 0.1) is 0 Å². The normalized spacial score (nSPS) is 12.2. The Labute approximate surface area is 96.8 Å². The van der Waals surface area contributed by atoms with Crippen molar-refractivity contribution < 1.29 is 17.9 Å². The number of aldehydes is 1. The van der Waals surface area contributed by atoms with Crippen molar-refractivity contribution in [2.24, 2.45) is 0 Å². The second kappa shape index (κ2) is 5.62. The molecule has 0 heterocycles. The van der Waals surface area contributed by atoms with Gasteiger partial charge in [-0.15, -0.1) is 0 Å². The first-order valence-electron chi connectivity index (χ1n) is 4.49. The van der Waals surface area contributed by atoms with Crippen molar-refractivity contribution in [2.45, 2.75) is 0 Å². The van der Waals surface area contributed by atoms with Gasteiger partial charge >= 0.3 is 0 Å². The molecule has 0 fully saturated rings. The largest absolute Gasteiger partial charge is 0.493 e. The third kappa shape index (κ3) is 3.04. The molecule has 5 nitrogen and oxygen atoms in total. The van der Waals surface area contributed by atoms with Gasteiger partial charge in [0.1, 0.15) is 6.29 Å². The zero-order valence-corrected chi connectivity index (χ0v) is 10.1. The Morgan fingerprint density at radius 1 is 1.31 bits per heavy atom. The SMILES string of the molecule is COc1cc(C=O)ccc1OS(=O)N(C)C. The molecule has 0 amide bonds. The fraction of sp³-hybridized carbons (Fsp3) is 0.300. The van der Waals surface area contributed by atoms with E-state index in [1.54, 1.807) is 26.2 Å². The quantitative estimate of drug-likeness (QED) is 0.725. The molecule has 0 aliphatic heterocycles. The fourth-order valence-corrected chi connectivity index (χ4v) is 1.42. The summed E-state index contributed by atoms with van der Waals surface area (Å²) in [5.41, 5.74) is 0.472. The number of hydrogen-bond acceptors (Lipinski definition) is 4. The predicted molar refractivity (Wildman–Crippen MR) is 60.8 cm³/mol. The minimum atomic E-state index is -1.58. The number of methoxy groups -OCH3 is 1. The number of carbonyl (C=O) groups is 1. The van der Waals surface area contributed by atoms with Crippen LogP contribution in [0.3, 0.4) is 0 Å². The summed E-state index contributed by atoms with van der Waals surface area (Å²) < 4.78 is 23.0. The molecule has 16 heavy (non-hydrogen) atoms. The maximum Gasteiger partial charge on any atom is 0.290 e. The topological polar surface area (TPSA) is 55.8 Å². The highest BCUT2D eigenvalue weighted by atomic mass is 32.2. The van der Waals surface area contributed by atoms with E-state index in [1.165, 1.54) is 17.5 Å². The molecule has 0 N–H and O–H groups in total. The van der Waals surface area contributed by atoms with Gasteiger partial charge in [0.25, 0.3) is 11.3 Å². The van der Waals surface area contributed by atoms with Crippen LogP contribution in [0.1, 0.15) is 10.4 Å². The Balaban J connectivity index is 2.95. The molecule has 1 unspecified atom stereocenters. The van der Waals surface area contributed by atoms with E-state index in [0.717, 1.165) is 0 Å². The molecule has 0 aliphatic rings. The number of benzene rings is 1. The second-order valence-electron chi connectivity index (χ2n) is 3.14. The van der Waals surface area contributed by atoms with Crippen molar-refractivity contribution in [1.82, 2.24) is 4.31 Å². The third-order valence-corrected chi connectivity index (χ3v) is 2.70. The molecular formula is C10H13NO4S. The van der Waals surface area contributed by atoms with E-state index in [2.05, 4.69) is 0 Å². The molecule has 1 aromatic rings. The average Bonchev–Trinajstić information content (AvgIpc) is 2.29. The van der Waals surface area contributed by atoms with Gasteiger partial charge in [0.15, 0.2) is 11.5 Å². The first kappa shape index (κ1) is 12.7. The van der Waals surface area contributed by atoms with E-state index in [1.807, 2.05) is 0 Å². The van der Waals surface area contributed by atoms with Crippen molar-refractivity contribution >= 4 is 17.6 Å². The lowest BCUT2D eigenvalue weighted by molar-refractivity contribution is 0.112. The van der Waals surface area contributed by atoms with Gasteiger partial charge in [-0.25, -0.2) is 0 Å². The number of hydrogen-bond donors (Lipinski definition) is 0. The maximum absolute atomic E-state index is 11.4. The highest BCUT2D eigenvalue weighted by Gasteiger charge is 2.11. The van der Waals surface area contributed by atoms with Crippen molar-refractivity contribution in [3.05, 3.63) is 23.8 Å². The first-order valence-corrected chi connectivity index (χ1v) is 5.52. The van der Waals surface area contributed by atoms with E-state index in [9.17, 15) is 9.00 Å². The number of rotatable bonds is 5. The average molecular weight is 243 g/mol. The van der Waals surface area contributed by atoms with Crippen molar-refractivity contribution in [3.8, 4) is 11.5 Å². The molecule has 88 valence electrons. The summed E-state index contributed by atoms with van der Waals surface area (Å²) in [6.07, 6.45) is 0.704. The van der Waals surface area contributed by atoms with Crippen molar-refractivity contribution in [1.29, 1.82) is 0 Å². The zero-order valence-electron chi connectivity index (χ0n) is 9.30. The molecule has 1 rings (SSSR count). The summed E-state index contributed by atoms with van der Waals surface area (Å²) >= 11 is -1.58.